The van der Waals surface area contributed by atoms with Gasteiger partial charge in [0, 0.05) is 6.54 Å². The van der Waals surface area contributed by atoms with Crippen molar-refractivity contribution in [1.29, 1.82) is 0 Å². The molecule has 0 fully saturated rings. The lowest BCUT2D eigenvalue weighted by Crippen LogP contribution is -2.48. The highest BCUT2D eigenvalue weighted by Crippen LogP contribution is 2.21. The molecule has 7 nitrogen and oxygen atoms in total. The fraction of sp³-hybridized carbons (Fsp3) is 0.667. The van der Waals surface area contributed by atoms with Crippen molar-refractivity contribution in [2.24, 2.45) is 0 Å². The molecule has 19 heavy (non-hydrogen) atoms. The Balaban J connectivity index is 0.000000861. The van der Waals surface area contributed by atoms with E-state index < -0.39 is 18.2 Å². The van der Waals surface area contributed by atoms with Crippen molar-refractivity contribution >= 4 is 11.5 Å². The number of aryl methyl sites for hydroxylation is 1. The van der Waals surface area contributed by atoms with Crippen LogP contribution in [0.1, 0.15) is 26.6 Å². The number of rotatable bonds is 2. The average Bonchev–Trinajstić information content (AvgIpc) is 2.39. The number of nitrogens with one attached hydrogen (secondary N) is 3. The Kier molecular flexibility index (Phi) is 5.31. The lowest BCUT2D eigenvalue weighted by atomic mass is 10.0. The van der Waals surface area contributed by atoms with E-state index in [1.807, 2.05) is 13.8 Å². The molecule has 1 aromatic rings. The van der Waals surface area contributed by atoms with Crippen molar-refractivity contribution < 1.29 is 10.2 Å². The van der Waals surface area contributed by atoms with Crippen molar-refractivity contribution in [3.05, 3.63) is 16.2 Å². The number of anilines is 2. The van der Waals surface area contributed by atoms with E-state index in [9.17, 15) is 15.0 Å². The van der Waals surface area contributed by atoms with Gasteiger partial charge in [-0.15, -0.1) is 0 Å². The van der Waals surface area contributed by atoms with Gasteiger partial charge >= 0.3 is 0 Å². The SMILES string of the molecule is CC.Cc1nc2c(c(=O)[nH]1)NC(C(O)C(C)O)CN2. The number of hydrogen-bond donors (Lipinski definition) is 5. The third-order valence-electron chi connectivity index (χ3n) is 2.76. The van der Waals surface area contributed by atoms with Gasteiger partial charge < -0.3 is 25.8 Å². The average molecular weight is 270 g/mol. The van der Waals surface area contributed by atoms with Crippen LogP contribution in [0.15, 0.2) is 4.79 Å². The van der Waals surface area contributed by atoms with E-state index in [2.05, 4.69) is 20.6 Å². The Bertz CT molecular complexity index is 473. The van der Waals surface area contributed by atoms with E-state index >= 15 is 0 Å². The number of aliphatic hydroxyl groups excluding tert-OH is 2. The second-order valence-electron chi connectivity index (χ2n) is 4.24. The lowest BCUT2D eigenvalue weighted by molar-refractivity contribution is 0.0214. The summed E-state index contributed by atoms with van der Waals surface area (Å²) in [6.07, 6.45) is -1.82. The fourth-order valence-corrected chi connectivity index (χ4v) is 1.83. The van der Waals surface area contributed by atoms with Crippen LogP contribution in [0.3, 0.4) is 0 Å². The van der Waals surface area contributed by atoms with Crippen LogP contribution in [0, 0.1) is 6.92 Å². The summed E-state index contributed by atoms with van der Waals surface area (Å²) >= 11 is 0. The molecule has 1 aliphatic rings. The van der Waals surface area contributed by atoms with Gasteiger partial charge in [-0.05, 0) is 13.8 Å². The molecule has 0 spiro atoms. The Hall–Kier alpha value is -1.60. The van der Waals surface area contributed by atoms with Crippen molar-refractivity contribution in [2.75, 3.05) is 17.2 Å². The first kappa shape index (κ1) is 15.5. The number of H-pyrrole nitrogens is 1. The summed E-state index contributed by atoms with van der Waals surface area (Å²) < 4.78 is 0. The van der Waals surface area contributed by atoms with Gasteiger partial charge in [0.25, 0.3) is 5.56 Å². The monoisotopic (exact) mass is 270 g/mol. The molecule has 7 heteroatoms. The number of aliphatic hydroxyl groups is 2. The maximum absolute atomic E-state index is 11.7. The van der Waals surface area contributed by atoms with Gasteiger partial charge in [-0.3, -0.25) is 4.79 Å². The molecule has 3 atom stereocenters. The van der Waals surface area contributed by atoms with Gasteiger partial charge in [-0.1, -0.05) is 13.8 Å². The number of hydrogen-bond acceptors (Lipinski definition) is 6. The molecule has 2 rings (SSSR count). The van der Waals surface area contributed by atoms with E-state index in [1.54, 1.807) is 6.92 Å². The summed E-state index contributed by atoms with van der Waals surface area (Å²) in [7, 11) is 0. The molecule has 0 amide bonds. The van der Waals surface area contributed by atoms with Crippen LogP contribution in [-0.2, 0) is 0 Å². The predicted molar refractivity (Wildman–Crippen MR) is 74.5 cm³/mol. The standard InChI is InChI=1S/C10H16N4O3.C2H6/c1-4(15)8(16)6-3-11-9-7(14-6)10(17)13-5(2)12-9;1-2/h4,6,8,14-16H,3H2,1-2H3,(H2,11,12,13,17);1-2H3. The first-order valence-electron chi connectivity index (χ1n) is 6.46. The molecule has 1 aliphatic heterocycles. The summed E-state index contributed by atoms with van der Waals surface area (Å²) in [6, 6.07) is -0.423. The molecule has 3 unspecified atom stereocenters. The van der Waals surface area contributed by atoms with Crippen LogP contribution >= 0.6 is 0 Å². The zero-order valence-corrected chi connectivity index (χ0v) is 11.7. The van der Waals surface area contributed by atoms with Crippen molar-refractivity contribution in [2.45, 2.75) is 45.9 Å². The molecule has 0 saturated heterocycles. The summed E-state index contributed by atoms with van der Waals surface area (Å²) in [5.74, 6) is 0.998. The van der Waals surface area contributed by atoms with Gasteiger partial charge in [0.1, 0.15) is 17.6 Å². The minimum absolute atomic E-state index is 0.289. The molecule has 2 heterocycles. The smallest absolute Gasteiger partial charge is 0.276 e. The third-order valence-corrected chi connectivity index (χ3v) is 2.76. The van der Waals surface area contributed by atoms with Gasteiger partial charge in [0.05, 0.1) is 12.1 Å². The van der Waals surface area contributed by atoms with Gasteiger partial charge in [-0.2, -0.15) is 0 Å². The van der Waals surface area contributed by atoms with Crippen LogP contribution in [0.5, 0.6) is 0 Å². The minimum Gasteiger partial charge on any atom is -0.391 e. The molecule has 0 radical (unpaired) electrons. The second-order valence-corrected chi connectivity index (χ2v) is 4.24. The predicted octanol–water partition coefficient (Wildman–Crippen LogP) is 0.0522. The Morgan fingerprint density at radius 1 is 1.37 bits per heavy atom. The number of fused-ring (bicyclic) bond motifs is 1. The second kappa shape index (κ2) is 6.53. The molecule has 5 N–H and O–H groups in total. The maximum Gasteiger partial charge on any atom is 0.276 e. The molecule has 1 aromatic heterocycles. The number of nitrogens with zero attached hydrogens (tertiary/aromatic N) is 1. The van der Waals surface area contributed by atoms with E-state index in [4.69, 9.17) is 0 Å². The summed E-state index contributed by atoms with van der Waals surface area (Å²) in [6.45, 7) is 7.59. The highest BCUT2D eigenvalue weighted by atomic mass is 16.3. The summed E-state index contributed by atoms with van der Waals surface area (Å²) in [5, 5.41) is 24.9. The van der Waals surface area contributed by atoms with Gasteiger partial charge in [0.2, 0.25) is 0 Å². The van der Waals surface area contributed by atoms with Crippen LogP contribution in [0.4, 0.5) is 11.5 Å². The normalized spacial score (nSPS) is 20.0. The zero-order chi connectivity index (χ0) is 14.6. The number of aromatic amines is 1. The van der Waals surface area contributed by atoms with Gasteiger partial charge in [0.15, 0.2) is 5.82 Å². The van der Waals surface area contributed by atoms with Crippen molar-refractivity contribution in [3.63, 3.8) is 0 Å². The van der Waals surface area contributed by atoms with E-state index in [0.29, 0.717) is 23.9 Å². The van der Waals surface area contributed by atoms with Crippen LogP contribution in [0.25, 0.3) is 0 Å². The Labute approximate surface area is 112 Å². The summed E-state index contributed by atoms with van der Waals surface area (Å²) in [5.41, 5.74) is 0.00837. The van der Waals surface area contributed by atoms with Crippen LogP contribution in [0.2, 0.25) is 0 Å². The topological polar surface area (TPSA) is 110 Å². The number of aromatic nitrogens is 2. The molecule has 0 saturated carbocycles. The minimum atomic E-state index is -0.948. The Morgan fingerprint density at radius 2 is 2.00 bits per heavy atom. The first-order chi connectivity index (χ1) is 8.99. The highest BCUT2D eigenvalue weighted by molar-refractivity contribution is 5.66. The molecule has 108 valence electrons. The quantitative estimate of drug-likeness (QED) is 0.519. The van der Waals surface area contributed by atoms with E-state index in [1.165, 1.54) is 6.92 Å². The molecule has 0 aliphatic carbocycles. The third kappa shape index (κ3) is 3.45. The lowest BCUT2D eigenvalue weighted by Gasteiger charge is -2.31. The maximum atomic E-state index is 11.7. The van der Waals surface area contributed by atoms with E-state index in [-0.39, 0.29) is 5.56 Å². The molecular weight excluding hydrogens is 248 g/mol. The largest absolute Gasteiger partial charge is 0.391 e. The zero-order valence-electron chi connectivity index (χ0n) is 11.7. The van der Waals surface area contributed by atoms with Gasteiger partial charge in [-0.25, -0.2) is 4.98 Å². The Morgan fingerprint density at radius 3 is 2.58 bits per heavy atom. The van der Waals surface area contributed by atoms with Crippen molar-refractivity contribution in [1.82, 2.24) is 9.97 Å². The van der Waals surface area contributed by atoms with Crippen molar-refractivity contribution in [3.8, 4) is 0 Å². The van der Waals surface area contributed by atoms with Crippen LogP contribution < -0.4 is 16.2 Å². The summed E-state index contributed by atoms with van der Waals surface area (Å²) in [4.78, 5) is 18.4. The highest BCUT2D eigenvalue weighted by Gasteiger charge is 2.29. The fourth-order valence-electron chi connectivity index (χ4n) is 1.83. The van der Waals surface area contributed by atoms with Crippen LogP contribution in [-0.4, -0.2) is 45.0 Å². The molecule has 0 aromatic carbocycles. The molecular formula is C12H22N4O3. The van der Waals surface area contributed by atoms with E-state index in [0.717, 1.165) is 0 Å². The molecule has 0 bridgehead atoms. The first-order valence-corrected chi connectivity index (χ1v) is 6.46.